The summed E-state index contributed by atoms with van der Waals surface area (Å²) in [6, 6.07) is -0.892. The van der Waals surface area contributed by atoms with Gasteiger partial charge in [0.05, 0.1) is 11.3 Å². The topological polar surface area (TPSA) is 84.2 Å². The van der Waals surface area contributed by atoms with E-state index in [0.717, 1.165) is 5.69 Å². The predicted octanol–water partition coefficient (Wildman–Crippen LogP) is 0.876. The van der Waals surface area contributed by atoms with Gasteiger partial charge in [-0.1, -0.05) is 13.8 Å². The third kappa shape index (κ3) is 2.69. The summed E-state index contributed by atoms with van der Waals surface area (Å²) in [7, 11) is 1.75. The van der Waals surface area contributed by atoms with E-state index in [0.29, 0.717) is 11.3 Å². The summed E-state index contributed by atoms with van der Waals surface area (Å²) in [5.41, 5.74) is 1.77. The fourth-order valence-corrected chi connectivity index (χ4v) is 1.83. The molecule has 0 unspecified atom stereocenters. The van der Waals surface area contributed by atoms with Gasteiger partial charge in [0, 0.05) is 12.7 Å². The summed E-state index contributed by atoms with van der Waals surface area (Å²) < 4.78 is 1.61. The van der Waals surface area contributed by atoms with Gasteiger partial charge < -0.3 is 10.4 Å². The van der Waals surface area contributed by atoms with Crippen molar-refractivity contribution in [3.63, 3.8) is 0 Å². The first-order chi connectivity index (χ1) is 8.25. The Morgan fingerprint density at radius 1 is 1.33 bits per heavy atom. The van der Waals surface area contributed by atoms with E-state index in [1.165, 1.54) is 0 Å². The van der Waals surface area contributed by atoms with E-state index >= 15 is 0 Å². The zero-order chi connectivity index (χ0) is 14.0. The lowest BCUT2D eigenvalue weighted by Crippen LogP contribution is -2.44. The average Bonchev–Trinajstić information content (AvgIpc) is 2.48. The van der Waals surface area contributed by atoms with Crippen LogP contribution >= 0.6 is 0 Å². The van der Waals surface area contributed by atoms with Gasteiger partial charge in [-0.05, 0) is 19.8 Å². The molecule has 0 aliphatic heterocycles. The molecule has 0 aliphatic carbocycles. The summed E-state index contributed by atoms with van der Waals surface area (Å²) in [4.78, 5) is 23.1. The average molecular weight is 253 g/mol. The van der Waals surface area contributed by atoms with Crippen molar-refractivity contribution >= 4 is 11.9 Å². The minimum Gasteiger partial charge on any atom is -0.480 e. The number of rotatable bonds is 4. The molecule has 0 radical (unpaired) electrons. The summed E-state index contributed by atoms with van der Waals surface area (Å²) in [6.07, 6.45) is 0. The molecule has 0 saturated carbocycles. The van der Waals surface area contributed by atoms with Gasteiger partial charge in [0.25, 0.3) is 5.91 Å². The molecule has 1 heterocycles. The molecule has 6 nitrogen and oxygen atoms in total. The van der Waals surface area contributed by atoms with Crippen LogP contribution < -0.4 is 5.32 Å². The highest BCUT2D eigenvalue weighted by Gasteiger charge is 2.26. The quantitative estimate of drug-likeness (QED) is 0.834. The van der Waals surface area contributed by atoms with Crippen LogP contribution in [0.25, 0.3) is 0 Å². The van der Waals surface area contributed by atoms with Gasteiger partial charge >= 0.3 is 5.97 Å². The summed E-state index contributed by atoms with van der Waals surface area (Å²) >= 11 is 0. The van der Waals surface area contributed by atoms with Gasteiger partial charge in [0.15, 0.2) is 0 Å². The molecule has 0 aliphatic rings. The van der Waals surface area contributed by atoms with Crippen LogP contribution in [0.2, 0.25) is 0 Å². The van der Waals surface area contributed by atoms with E-state index in [4.69, 9.17) is 5.11 Å². The number of amides is 1. The Labute approximate surface area is 106 Å². The Morgan fingerprint density at radius 3 is 2.22 bits per heavy atom. The van der Waals surface area contributed by atoms with Crippen molar-refractivity contribution in [2.75, 3.05) is 0 Å². The zero-order valence-electron chi connectivity index (χ0n) is 11.3. The predicted molar refractivity (Wildman–Crippen MR) is 66.4 cm³/mol. The number of carboxylic acid groups (broad SMARTS) is 1. The van der Waals surface area contributed by atoms with E-state index in [-0.39, 0.29) is 11.8 Å². The largest absolute Gasteiger partial charge is 0.480 e. The lowest BCUT2D eigenvalue weighted by molar-refractivity contribution is -0.140. The van der Waals surface area contributed by atoms with Crippen molar-refractivity contribution < 1.29 is 14.7 Å². The van der Waals surface area contributed by atoms with Crippen molar-refractivity contribution in [2.45, 2.75) is 33.7 Å². The highest BCUT2D eigenvalue weighted by Crippen LogP contribution is 2.13. The standard InChI is InChI=1S/C12H19N3O3/c1-6(2)10(12(17)18)13-11(16)9-7(3)14-15(5)8(9)4/h6,10H,1-5H3,(H,13,16)(H,17,18)/t10-/m1/s1. The second-order valence-electron chi connectivity index (χ2n) is 4.70. The molecule has 2 N–H and O–H groups in total. The molecule has 6 heteroatoms. The Balaban J connectivity index is 2.98. The van der Waals surface area contributed by atoms with Crippen LogP contribution in [-0.4, -0.2) is 32.8 Å². The fourth-order valence-electron chi connectivity index (χ4n) is 1.83. The SMILES string of the molecule is Cc1nn(C)c(C)c1C(=O)N[C@@H](C(=O)O)C(C)C. The summed E-state index contributed by atoms with van der Waals surface area (Å²) in [5.74, 6) is -1.60. The molecule has 1 rings (SSSR count). The number of aryl methyl sites for hydroxylation is 2. The molecule has 0 saturated heterocycles. The van der Waals surface area contributed by atoms with E-state index < -0.39 is 12.0 Å². The van der Waals surface area contributed by atoms with Gasteiger partial charge in [-0.2, -0.15) is 5.10 Å². The molecule has 18 heavy (non-hydrogen) atoms. The molecule has 0 bridgehead atoms. The number of carboxylic acids is 1. The molecule has 0 aromatic carbocycles. The van der Waals surface area contributed by atoms with E-state index in [1.54, 1.807) is 39.4 Å². The molecule has 0 spiro atoms. The second-order valence-corrected chi connectivity index (χ2v) is 4.70. The molecule has 100 valence electrons. The molecule has 1 atom stereocenters. The molecular formula is C12H19N3O3. The lowest BCUT2D eigenvalue weighted by Gasteiger charge is -2.17. The van der Waals surface area contributed by atoms with Crippen molar-refractivity contribution in [1.82, 2.24) is 15.1 Å². The van der Waals surface area contributed by atoms with Crippen molar-refractivity contribution in [1.29, 1.82) is 0 Å². The Bertz CT molecular complexity index is 477. The molecule has 1 aromatic heterocycles. The monoisotopic (exact) mass is 253 g/mol. The Kier molecular flexibility index (Phi) is 4.11. The van der Waals surface area contributed by atoms with Gasteiger partial charge in [0.2, 0.25) is 0 Å². The van der Waals surface area contributed by atoms with Crippen molar-refractivity contribution in [2.24, 2.45) is 13.0 Å². The highest BCUT2D eigenvalue weighted by atomic mass is 16.4. The maximum absolute atomic E-state index is 12.1. The highest BCUT2D eigenvalue weighted by molar-refractivity contribution is 5.98. The number of hydrogen-bond acceptors (Lipinski definition) is 3. The maximum atomic E-state index is 12.1. The summed E-state index contributed by atoms with van der Waals surface area (Å²) in [6.45, 7) is 7.01. The number of carbonyl (C=O) groups excluding carboxylic acids is 1. The minimum absolute atomic E-state index is 0.177. The summed E-state index contributed by atoms with van der Waals surface area (Å²) in [5, 5.41) is 15.7. The van der Waals surface area contributed by atoms with Crippen LogP contribution in [-0.2, 0) is 11.8 Å². The molecule has 1 amide bonds. The molecule has 0 fully saturated rings. The van der Waals surface area contributed by atoms with Gasteiger partial charge in [-0.3, -0.25) is 9.48 Å². The first-order valence-corrected chi connectivity index (χ1v) is 5.79. The van der Waals surface area contributed by atoms with E-state index in [2.05, 4.69) is 10.4 Å². The first kappa shape index (κ1) is 14.2. The first-order valence-electron chi connectivity index (χ1n) is 5.79. The Hall–Kier alpha value is -1.85. The number of nitrogens with zero attached hydrogens (tertiary/aromatic N) is 2. The van der Waals surface area contributed by atoms with Crippen molar-refractivity contribution in [3.05, 3.63) is 17.0 Å². The Morgan fingerprint density at radius 2 is 1.89 bits per heavy atom. The zero-order valence-corrected chi connectivity index (χ0v) is 11.3. The van der Waals surface area contributed by atoms with Crippen LogP contribution in [0.15, 0.2) is 0 Å². The maximum Gasteiger partial charge on any atom is 0.326 e. The van der Waals surface area contributed by atoms with Crippen LogP contribution in [0, 0.1) is 19.8 Å². The number of nitrogens with one attached hydrogen (secondary N) is 1. The van der Waals surface area contributed by atoms with Crippen molar-refractivity contribution in [3.8, 4) is 0 Å². The van der Waals surface area contributed by atoms with Crippen LogP contribution in [0.1, 0.15) is 35.6 Å². The van der Waals surface area contributed by atoms with Gasteiger partial charge in [-0.15, -0.1) is 0 Å². The van der Waals surface area contributed by atoms with Gasteiger partial charge in [-0.25, -0.2) is 4.79 Å². The number of aliphatic carboxylic acids is 1. The number of hydrogen-bond donors (Lipinski definition) is 2. The fraction of sp³-hybridized carbons (Fsp3) is 0.583. The molecular weight excluding hydrogens is 234 g/mol. The minimum atomic E-state index is -1.03. The second kappa shape index (κ2) is 5.20. The lowest BCUT2D eigenvalue weighted by atomic mass is 10.0. The number of carbonyl (C=O) groups is 2. The third-order valence-corrected chi connectivity index (χ3v) is 2.96. The van der Waals surface area contributed by atoms with Crippen LogP contribution in [0.4, 0.5) is 0 Å². The number of aromatic nitrogens is 2. The smallest absolute Gasteiger partial charge is 0.326 e. The van der Waals surface area contributed by atoms with E-state index in [1.807, 2.05) is 0 Å². The molecule has 1 aromatic rings. The van der Waals surface area contributed by atoms with Gasteiger partial charge in [0.1, 0.15) is 6.04 Å². The normalized spacial score (nSPS) is 12.6. The van der Waals surface area contributed by atoms with Crippen LogP contribution in [0.5, 0.6) is 0 Å². The van der Waals surface area contributed by atoms with Crippen LogP contribution in [0.3, 0.4) is 0 Å². The third-order valence-electron chi connectivity index (χ3n) is 2.96. The van der Waals surface area contributed by atoms with E-state index in [9.17, 15) is 9.59 Å².